The molecule has 0 fully saturated rings. The zero-order valence-corrected chi connectivity index (χ0v) is 14.3. The summed E-state index contributed by atoms with van der Waals surface area (Å²) >= 11 is 0. The number of allylic oxidation sites excluding steroid dienone is 4. The number of ether oxygens (including phenoxy) is 1. The molecule has 0 aliphatic rings. The summed E-state index contributed by atoms with van der Waals surface area (Å²) in [6.45, 7) is 6.56. The Morgan fingerprint density at radius 2 is 1.81 bits per heavy atom. The number of esters is 1. The lowest BCUT2D eigenvalue weighted by molar-refractivity contribution is -0.141. The van der Waals surface area contributed by atoms with E-state index in [0.717, 1.165) is 12.8 Å². The maximum absolute atomic E-state index is 10.6. The summed E-state index contributed by atoms with van der Waals surface area (Å²) in [5, 5.41) is 0. The Hall–Kier alpha value is -1.05. The number of hydrogen-bond donors (Lipinski definition) is 0. The van der Waals surface area contributed by atoms with Crippen molar-refractivity contribution in [1.82, 2.24) is 0 Å². The SMILES string of the molecule is CCCCC/C=C\C=C/C(C)CCCCCCOC(C)=O. The number of unbranched alkanes of at least 4 members (excludes halogenated alkanes) is 6. The highest BCUT2D eigenvalue weighted by molar-refractivity contribution is 5.65. The van der Waals surface area contributed by atoms with Gasteiger partial charge < -0.3 is 4.74 Å². The van der Waals surface area contributed by atoms with Gasteiger partial charge in [0.25, 0.3) is 0 Å². The molecule has 0 aromatic rings. The van der Waals surface area contributed by atoms with E-state index in [1.807, 2.05) is 0 Å². The molecule has 0 N–H and O–H groups in total. The van der Waals surface area contributed by atoms with Gasteiger partial charge in [0.15, 0.2) is 0 Å². The molecule has 0 rings (SSSR count). The molecular formula is C19H34O2. The van der Waals surface area contributed by atoms with Crippen molar-refractivity contribution in [3.63, 3.8) is 0 Å². The minimum atomic E-state index is -0.170. The van der Waals surface area contributed by atoms with E-state index in [0.29, 0.717) is 12.5 Å². The predicted octanol–water partition coefficient (Wildman–Crippen LogP) is 5.83. The normalized spacial score (nSPS) is 13.1. The van der Waals surface area contributed by atoms with Gasteiger partial charge in [-0.2, -0.15) is 0 Å². The van der Waals surface area contributed by atoms with Crippen molar-refractivity contribution in [2.45, 2.75) is 78.6 Å². The van der Waals surface area contributed by atoms with Gasteiger partial charge in [-0.1, -0.05) is 70.3 Å². The Labute approximate surface area is 131 Å². The summed E-state index contributed by atoms with van der Waals surface area (Å²) in [7, 11) is 0. The van der Waals surface area contributed by atoms with E-state index >= 15 is 0 Å². The largest absolute Gasteiger partial charge is 0.466 e. The van der Waals surface area contributed by atoms with E-state index in [1.54, 1.807) is 0 Å². The molecule has 0 saturated carbocycles. The molecule has 0 heterocycles. The van der Waals surface area contributed by atoms with Gasteiger partial charge in [0.05, 0.1) is 6.61 Å². The molecule has 1 atom stereocenters. The Morgan fingerprint density at radius 1 is 1.05 bits per heavy atom. The minimum Gasteiger partial charge on any atom is -0.466 e. The second kappa shape index (κ2) is 15.3. The van der Waals surface area contributed by atoms with Crippen molar-refractivity contribution in [2.24, 2.45) is 5.92 Å². The molecule has 0 bridgehead atoms. The number of carbonyl (C=O) groups is 1. The smallest absolute Gasteiger partial charge is 0.302 e. The molecule has 122 valence electrons. The van der Waals surface area contributed by atoms with E-state index in [-0.39, 0.29) is 5.97 Å². The van der Waals surface area contributed by atoms with Crippen molar-refractivity contribution >= 4 is 5.97 Å². The van der Waals surface area contributed by atoms with Gasteiger partial charge in [0, 0.05) is 6.92 Å². The van der Waals surface area contributed by atoms with E-state index in [2.05, 4.69) is 38.2 Å². The Kier molecular flexibility index (Phi) is 14.6. The van der Waals surface area contributed by atoms with Crippen LogP contribution < -0.4 is 0 Å². The molecule has 0 saturated heterocycles. The van der Waals surface area contributed by atoms with Crippen LogP contribution in [0.15, 0.2) is 24.3 Å². The molecule has 2 heteroatoms. The van der Waals surface area contributed by atoms with Crippen LogP contribution in [-0.2, 0) is 9.53 Å². The van der Waals surface area contributed by atoms with E-state index < -0.39 is 0 Å². The summed E-state index contributed by atoms with van der Waals surface area (Å²) in [6, 6.07) is 0. The Balaban J connectivity index is 3.40. The molecule has 0 spiro atoms. The second-order valence-corrected chi connectivity index (χ2v) is 5.83. The van der Waals surface area contributed by atoms with Crippen LogP contribution >= 0.6 is 0 Å². The molecule has 0 aliphatic heterocycles. The van der Waals surface area contributed by atoms with Crippen LogP contribution in [0.25, 0.3) is 0 Å². The van der Waals surface area contributed by atoms with Crippen LogP contribution in [0.5, 0.6) is 0 Å². The van der Waals surface area contributed by atoms with Crippen molar-refractivity contribution < 1.29 is 9.53 Å². The van der Waals surface area contributed by atoms with Crippen LogP contribution in [0, 0.1) is 5.92 Å². The monoisotopic (exact) mass is 294 g/mol. The van der Waals surface area contributed by atoms with Gasteiger partial charge >= 0.3 is 5.97 Å². The van der Waals surface area contributed by atoms with Crippen LogP contribution in [0.3, 0.4) is 0 Å². The molecule has 0 amide bonds. The first-order valence-corrected chi connectivity index (χ1v) is 8.63. The van der Waals surface area contributed by atoms with Crippen molar-refractivity contribution in [3.05, 3.63) is 24.3 Å². The zero-order valence-electron chi connectivity index (χ0n) is 14.3. The van der Waals surface area contributed by atoms with Gasteiger partial charge in [-0.15, -0.1) is 0 Å². The quantitative estimate of drug-likeness (QED) is 0.243. The summed E-state index contributed by atoms with van der Waals surface area (Å²) in [5.41, 5.74) is 0. The fraction of sp³-hybridized carbons (Fsp3) is 0.737. The van der Waals surface area contributed by atoms with Gasteiger partial charge in [-0.3, -0.25) is 4.79 Å². The lowest BCUT2D eigenvalue weighted by Gasteiger charge is -2.05. The first-order chi connectivity index (χ1) is 10.2. The summed E-state index contributed by atoms with van der Waals surface area (Å²) in [4.78, 5) is 10.6. The summed E-state index contributed by atoms with van der Waals surface area (Å²) in [6.07, 6.45) is 20.0. The highest BCUT2D eigenvalue weighted by Gasteiger charge is 1.97. The van der Waals surface area contributed by atoms with Gasteiger partial charge in [0.2, 0.25) is 0 Å². The van der Waals surface area contributed by atoms with Crippen LogP contribution in [0.1, 0.15) is 78.6 Å². The highest BCUT2D eigenvalue weighted by atomic mass is 16.5. The highest BCUT2D eigenvalue weighted by Crippen LogP contribution is 2.12. The van der Waals surface area contributed by atoms with E-state index in [9.17, 15) is 4.79 Å². The van der Waals surface area contributed by atoms with E-state index in [1.165, 1.54) is 51.9 Å². The standard InChI is InChI=1S/C19H34O2/c1-4-5-6-7-8-9-12-15-18(2)16-13-10-11-14-17-21-19(3)20/h8-9,12,15,18H,4-7,10-11,13-14,16-17H2,1-3H3/b9-8-,15-12-. The summed E-state index contributed by atoms with van der Waals surface area (Å²) < 4.78 is 4.91. The predicted molar refractivity (Wildman–Crippen MR) is 91.3 cm³/mol. The third-order valence-electron chi connectivity index (χ3n) is 3.52. The topological polar surface area (TPSA) is 26.3 Å². The fourth-order valence-corrected chi connectivity index (χ4v) is 2.17. The Morgan fingerprint density at radius 3 is 2.52 bits per heavy atom. The molecule has 0 aromatic carbocycles. The third kappa shape index (κ3) is 16.9. The fourth-order valence-electron chi connectivity index (χ4n) is 2.17. The number of carbonyl (C=O) groups excluding carboxylic acids is 1. The third-order valence-corrected chi connectivity index (χ3v) is 3.52. The average molecular weight is 294 g/mol. The molecule has 21 heavy (non-hydrogen) atoms. The zero-order chi connectivity index (χ0) is 15.8. The molecular weight excluding hydrogens is 260 g/mol. The van der Waals surface area contributed by atoms with E-state index in [4.69, 9.17) is 4.74 Å². The van der Waals surface area contributed by atoms with Gasteiger partial charge in [-0.05, 0) is 31.6 Å². The summed E-state index contributed by atoms with van der Waals surface area (Å²) in [5.74, 6) is 0.482. The maximum Gasteiger partial charge on any atom is 0.302 e. The van der Waals surface area contributed by atoms with Crippen molar-refractivity contribution in [3.8, 4) is 0 Å². The van der Waals surface area contributed by atoms with Gasteiger partial charge in [0.1, 0.15) is 0 Å². The second-order valence-electron chi connectivity index (χ2n) is 5.83. The minimum absolute atomic E-state index is 0.170. The molecule has 0 aromatic heterocycles. The van der Waals surface area contributed by atoms with Crippen LogP contribution in [-0.4, -0.2) is 12.6 Å². The lowest BCUT2D eigenvalue weighted by Crippen LogP contribution is -2.00. The van der Waals surface area contributed by atoms with Crippen LogP contribution in [0.2, 0.25) is 0 Å². The number of rotatable bonds is 13. The Bertz CT molecular complexity index is 292. The van der Waals surface area contributed by atoms with Crippen molar-refractivity contribution in [2.75, 3.05) is 6.61 Å². The van der Waals surface area contributed by atoms with Crippen molar-refractivity contribution in [1.29, 1.82) is 0 Å². The molecule has 1 unspecified atom stereocenters. The number of hydrogen-bond acceptors (Lipinski definition) is 2. The molecule has 0 aliphatic carbocycles. The van der Waals surface area contributed by atoms with Gasteiger partial charge in [-0.25, -0.2) is 0 Å². The first kappa shape index (κ1) is 19.9. The lowest BCUT2D eigenvalue weighted by atomic mass is 10.0. The molecule has 0 radical (unpaired) electrons. The average Bonchev–Trinajstić information content (AvgIpc) is 2.45. The first-order valence-electron chi connectivity index (χ1n) is 8.63. The van der Waals surface area contributed by atoms with Crippen LogP contribution in [0.4, 0.5) is 0 Å². The molecule has 2 nitrogen and oxygen atoms in total. The maximum atomic E-state index is 10.6.